The Morgan fingerprint density at radius 2 is 1.46 bits per heavy atom. The summed E-state index contributed by atoms with van der Waals surface area (Å²) >= 11 is 0. The summed E-state index contributed by atoms with van der Waals surface area (Å²) in [6, 6.07) is 14.0. The summed E-state index contributed by atoms with van der Waals surface area (Å²) in [5.74, 6) is -0.0186. The van der Waals surface area contributed by atoms with E-state index in [1.807, 2.05) is 12.1 Å². The van der Waals surface area contributed by atoms with Crippen molar-refractivity contribution >= 4 is 17.8 Å². The number of rotatable bonds is 7. The molecular formula is C22H24O4. The Morgan fingerprint density at radius 3 is 1.92 bits per heavy atom. The van der Waals surface area contributed by atoms with E-state index in [0.717, 1.165) is 5.56 Å². The second-order valence-electron chi connectivity index (χ2n) is 6.75. The zero-order valence-electron chi connectivity index (χ0n) is 15.6. The molecule has 0 fully saturated rings. The molecule has 2 aromatic rings. The average molecular weight is 352 g/mol. The van der Waals surface area contributed by atoms with E-state index in [9.17, 15) is 9.59 Å². The van der Waals surface area contributed by atoms with Crippen LogP contribution in [0.15, 0.2) is 55.1 Å². The lowest BCUT2D eigenvalue weighted by molar-refractivity contribution is -0.163. The number of carbonyl (C=O) groups is 2. The summed E-state index contributed by atoms with van der Waals surface area (Å²) in [4.78, 5) is 24.6. The number of hydrogen-bond acceptors (Lipinski definition) is 4. The predicted octanol–water partition coefficient (Wildman–Crippen LogP) is 4.67. The van der Waals surface area contributed by atoms with E-state index in [2.05, 4.69) is 6.58 Å². The van der Waals surface area contributed by atoms with E-state index in [0.29, 0.717) is 16.9 Å². The number of hydrogen-bond donors (Lipinski definition) is 0. The van der Waals surface area contributed by atoms with E-state index in [4.69, 9.17) is 9.47 Å². The minimum atomic E-state index is -1.11. The molecule has 0 unspecified atom stereocenters. The molecule has 0 saturated heterocycles. The molecule has 0 spiro atoms. The van der Waals surface area contributed by atoms with Crippen LogP contribution in [0.5, 0.6) is 5.75 Å². The van der Waals surface area contributed by atoms with Crippen LogP contribution in [0.1, 0.15) is 49.2 Å². The first kappa shape index (κ1) is 19.4. The van der Waals surface area contributed by atoms with Crippen molar-refractivity contribution in [3.05, 3.63) is 71.8 Å². The van der Waals surface area contributed by atoms with Gasteiger partial charge in [-0.05, 0) is 57.5 Å². The summed E-state index contributed by atoms with van der Waals surface area (Å²) in [7, 11) is 0. The number of ether oxygens (including phenoxy) is 2. The average Bonchev–Trinajstić information content (AvgIpc) is 2.61. The standard InChI is InChI=1S/C22H24O4/c1-6-16-7-9-17(10-8-16)20(23)18-11-13-19(14-12-18)26-22(4,5)21(24)25-15(2)3/h6-15H,1H2,2-5H3. The highest BCUT2D eigenvalue weighted by Gasteiger charge is 2.32. The molecule has 4 nitrogen and oxygen atoms in total. The van der Waals surface area contributed by atoms with Gasteiger partial charge in [-0.1, -0.05) is 36.9 Å². The summed E-state index contributed by atoms with van der Waals surface area (Å²) in [6.07, 6.45) is 1.52. The highest BCUT2D eigenvalue weighted by atomic mass is 16.6. The maximum Gasteiger partial charge on any atom is 0.350 e. The molecule has 0 aliphatic heterocycles. The van der Waals surface area contributed by atoms with E-state index in [1.54, 1.807) is 70.2 Å². The van der Waals surface area contributed by atoms with Crippen LogP contribution >= 0.6 is 0 Å². The molecule has 0 atom stereocenters. The molecule has 2 rings (SSSR count). The van der Waals surface area contributed by atoms with Crippen molar-refractivity contribution in [1.29, 1.82) is 0 Å². The van der Waals surface area contributed by atoms with Crippen LogP contribution in [0.2, 0.25) is 0 Å². The zero-order valence-corrected chi connectivity index (χ0v) is 15.6. The van der Waals surface area contributed by atoms with Crippen LogP contribution in [0.4, 0.5) is 0 Å². The number of ketones is 1. The van der Waals surface area contributed by atoms with Gasteiger partial charge in [0.1, 0.15) is 5.75 Å². The fourth-order valence-corrected chi connectivity index (χ4v) is 2.30. The van der Waals surface area contributed by atoms with Crippen LogP contribution < -0.4 is 4.74 Å². The van der Waals surface area contributed by atoms with Crippen molar-refractivity contribution in [1.82, 2.24) is 0 Å². The van der Waals surface area contributed by atoms with Gasteiger partial charge < -0.3 is 9.47 Å². The lowest BCUT2D eigenvalue weighted by atomic mass is 10.0. The molecule has 136 valence electrons. The third-order valence-corrected chi connectivity index (χ3v) is 3.73. The predicted molar refractivity (Wildman–Crippen MR) is 102 cm³/mol. The molecule has 0 amide bonds. The van der Waals surface area contributed by atoms with Gasteiger partial charge in [-0.2, -0.15) is 0 Å². The van der Waals surface area contributed by atoms with Crippen molar-refractivity contribution in [3.8, 4) is 5.75 Å². The topological polar surface area (TPSA) is 52.6 Å². The van der Waals surface area contributed by atoms with E-state index in [-0.39, 0.29) is 11.9 Å². The minimum Gasteiger partial charge on any atom is -0.476 e. The Morgan fingerprint density at radius 1 is 0.962 bits per heavy atom. The highest BCUT2D eigenvalue weighted by molar-refractivity contribution is 6.09. The van der Waals surface area contributed by atoms with Crippen molar-refractivity contribution < 1.29 is 19.1 Å². The molecule has 0 radical (unpaired) electrons. The highest BCUT2D eigenvalue weighted by Crippen LogP contribution is 2.22. The van der Waals surface area contributed by atoms with Crippen LogP contribution in [0, 0.1) is 0 Å². The lowest BCUT2D eigenvalue weighted by Gasteiger charge is -2.25. The Labute approximate surface area is 154 Å². The molecule has 0 heterocycles. The second-order valence-corrected chi connectivity index (χ2v) is 6.75. The molecule has 4 heteroatoms. The third kappa shape index (κ3) is 4.82. The van der Waals surface area contributed by atoms with Crippen LogP contribution in [0.3, 0.4) is 0 Å². The van der Waals surface area contributed by atoms with Crippen molar-refractivity contribution in [2.45, 2.75) is 39.4 Å². The number of carbonyl (C=O) groups excluding carboxylic acids is 2. The fourth-order valence-electron chi connectivity index (χ4n) is 2.30. The molecule has 0 aromatic heterocycles. The van der Waals surface area contributed by atoms with Crippen LogP contribution in [-0.4, -0.2) is 23.5 Å². The van der Waals surface area contributed by atoms with Crippen molar-refractivity contribution in [2.24, 2.45) is 0 Å². The zero-order chi connectivity index (χ0) is 19.3. The Hall–Kier alpha value is -2.88. The summed E-state index contributed by atoms with van der Waals surface area (Å²) < 4.78 is 10.9. The van der Waals surface area contributed by atoms with Gasteiger partial charge in [0.2, 0.25) is 0 Å². The first-order chi connectivity index (χ1) is 12.2. The SMILES string of the molecule is C=Cc1ccc(C(=O)c2ccc(OC(C)(C)C(=O)OC(C)C)cc2)cc1. The van der Waals surface area contributed by atoms with Gasteiger partial charge in [-0.25, -0.2) is 4.79 Å². The largest absolute Gasteiger partial charge is 0.476 e. The van der Waals surface area contributed by atoms with Gasteiger partial charge in [0.05, 0.1) is 6.10 Å². The molecule has 0 aliphatic rings. The molecule has 2 aromatic carbocycles. The van der Waals surface area contributed by atoms with Crippen LogP contribution in [0.25, 0.3) is 6.08 Å². The van der Waals surface area contributed by atoms with Crippen LogP contribution in [-0.2, 0) is 9.53 Å². The van der Waals surface area contributed by atoms with Crippen molar-refractivity contribution in [3.63, 3.8) is 0 Å². The molecule has 0 N–H and O–H groups in total. The van der Waals surface area contributed by atoms with Gasteiger partial charge in [-0.3, -0.25) is 4.79 Å². The molecule has 0 aliphatic carbocycles. The van der Waals surface area contributed by atoms with Gasteiger partial charge in [-0.15, -0.1) is 0 Å². The Balaban J connectivity index is 2.10. The minimum absolute atomic E-state index is 0.0781. The van der Waals surface area contributed by atoms with E-state index in [1.165, 1.54) is 0 Å². The van der Waals surface area contributed by atoms with E-state index >= 15 is 0 Å². The summed E-state index contributed by atoms with van der Waals surface area (Å²) in [6.45, 7) is 10.6. The lowest BCUT2D eigenvalue weighted by Crippen LogP contribution is -2.40. The molecule has 0 saturated carbocycles. The molecule has 0 bridgehead atoms. The van der Waals surface area contributed by atoms with Gasteiger partial charge in [0.15, 0.2) is 11.4 Å². The maximum atomic E-state index is 12.5. The van der Waals surface area contributed by atoms with Gasteiger partial charge >= 0.3 is 5.97 Å². The van der Waals surface area contributed by atoms with E-state index < -0.39 is 11.6 Å². The Kier molecular flexibility index (Phi) is 5.98. The first-order valence-corrected chi connectivity index (χ1v) is 8.50. The van der Waals surface area contributed by atoms with Crippen molar-refractivity contribution in [2.75, 3.05) is 0 Å². The third-order valence-electron chi connectivity index (χ3n) is 3.73. The van der Waals surface area contributed by atoms with Gasteiger partial charge in [0.25, 0.3) is 0 Å². The number of esters is 1. The monoisotopic (exact) mass is 352 g/mol. The van der Waals surface area contributed by atoms with Gasteiger partial charge in [0, 0.05) is 11.1 Å². The maximum absolute atomic E-state index is 12.5. The second kappa shape index (κ2) is 8.00. The Bertz CT molecular complexity index is 784. The smallest absolute Gasteiger partial charge is 0.350 e. The first-order valence-electron chi connectivity index (χ1n) is 8.50. The summed E-state index contributed by atoms with van der Waals surface area (Å²) in [5, 5.41) is 0. The summed E-state index contributed by atoms with van der Waals surface area (Å²) in [5.41, 5.74) is 0.994. The fraction of sp³-hybridized carbons (Fsp3) is 0.273. The number of benzene rings is 2. The molecule has 26 heavy (non-hydrogen) atoms. The molecular weight excluding hydrogens is 328 g/mol. The quantitative estimate of drug-likeness (QED) is 0.537. The normalized spacial score (nSPS) is 11.1.